The molecule has 0 aliphatic rings. The van der Waals surface area contributed by atoms with Gasteiger partial charge in [0, 0.05) is 5.56 Å². The van der Waals surface area contributed by atoms with Gasteiger partial charge in [0.25, 0.3) is 0 Å². The maximum atomic E-state index is 11.8. The Bertz CT molecular complexity index is 588. The molecular weight excluding hydrogens is 256 g/mol. The topological polar surface area (TPSA) is 52.6 Å². The van der Waals surface area contributed by atoms with Crippen molar-refractivity contribution in [3.05, 3.63) is 60.2 Å². The fourth-order valence-electron chi connectivity index (χ4n) is 1.75. The third-order valence-electron chi connectivity index (χ3n) is 2.80. The summed E-state index contributed by atoms with van der Waals surface area (Å²) in [5.74, 6) is -0.269. The van der Waals surface area contributed by atoms with E-state index in [-0.39, 0.29) is 12.4 Å². The number of carbonyl (C=O) groups excluding carboxylic acids is 2. The van der Waals surface area contributed by atoms with Crippen LogP contribution in [0, 0.1) is 0 Å². The Labute approximate surface area is 116 Å². The number of hydrogen-bond acceptors (Lipinski definition) is 4. The first kappa shape index (κ1) is 13.8. The molecule has 0 bridgehead atoms. The van der Waals surface area contributed by atoms with Gasteiger partial charge >= 0.3 is 6.16 Å². The summed E-state index contributed by atoms with van der Waals surface area (Å²) < 4.78 is 8.91. The van der Waals surface area contributed by atoms with E-state index in [9.17, 15) is 9.59 Å². The molecule has 0 aromatic heterocycles. The van der Waals surface area contributed by atoms with Crippen LogP contribution in [-0.4, -0.2) is 25.7 Å². The molecule has 0 atom stereocenters. The number of ether oxygens (including phenoxy) is 2. The lowest BCUT2D eigenvalue weighted by atomic mass is 10.0. The van der Waals surface area contributed by atoms with Crippen LogP contribution in [0.3, 0.4) is 0 Å². The van der Waals surface area contributed by atoms with Crippen molar-refractivity contribution in [3.8, 4) is 11.1 Å². The Kier molecular flexibility index (Phi) is 4.50. The van der Waals surface area contributed by atoms with E-state index in [1.165, 1.54) is 7.11 Å². The van der Waals surface area contributed by atoms with Crippen molar-refractivity contribution in [2.75, 3.05) is 13.7 Å². The van der Waals surface area contributed by atoms with E-state index in [4.69, 9.17) is 0 Å². The van der Waals surface area contributed by atoms with Crippen molar-refractivity contribution in [1.82, 2.24) is 0 Å². The van der Waals surface area contributed by atoms with Crippen molar-refractivity contribution < 1.29 is 19.1 Å². The monoisotopic (exact) mass is 270 g/mol. The lowest BCUT2D eigenvalue weighted by Crippen LogP contribution is -2.13. The van der Waals surface area contributed by atoms with Crippen LogP contribution in [0.25, 0.3) is 11.1 Å². The van der Waals surface area contributed by atoms with Gasteiger partial charge < -0.3 is 9.47 Å². The summed E-state index contributed by atoms with van der Waals surface area (Å²) in [4.78, 5) is 22.6. The summed E-state index contributed by atoms with van der Waals surface area (Å²) in [6, 6.07) is 17.0. The van der Waals surface area contributed by atoms with Gasteiger partial charge in [-0.05, 0) is 11.1 Å². The molecule has 20 heavy (non-hydrogen) atoms. The third kappa shape index (κ3) is 3.45. The molecule has 0 N–H and O–H groups in total. The molecule has 2 aromatic carbocycles. The zero-order valence-electron chi connectivity index (χ0n) is 11.0. The average Bonchev–Trinajstić information content (AvgIpc) is 2.53. The lowest BCUT2D eigenvalue weighted by Gasteiger charge is -2.05. The number of rotatable bonds is 4. The maximum absolute atomic E-state index is 11.8. The Hall–Kier alpha value is -2.62. The van der Waals surface area contributed by atoms with Gasteiger partial charge in [0.15, 0.2) is 12.4 Å². The van der Waals surface area contributed by atoms with E-state index in [0.717, 1.165) is 11.1 Å². The second kappa shape index (κ2) is 6.52. The van der Waals surface area contributed by atoms with E-state index in [0.29, 0.717) is 5.56 Å². The Morgan fingerprint density at radius 3 is 2.10 bits per heavy atom. The highest BCUT2D eigenvalue weighted by Crippen LogP contribution is 2.19. The number of carbonyl (C=O) groups is 2. The van der Waals surface area contributed by atoms with E-state index in [1.807, 2.05) is 42.5 Å². The average molecular weight is 270 g/mol. The number of Topliss-reactive ketones (excluding diaryl/α,β-unsaturated/α-hetero) is 1. The molecular formula is C16H14O4. The molecule has 0 saturated carbocycles. The lowest BCUT2D eigenvalue weighted by molar-refractivity contribution is 0.0612. The number of benzene rings is 2. The van der Waals surface area contributed by atoms with E-state index in [2.05, 4.69) is 9.47 Å². The largest absolute Gasteiger partial charge is 0.508 e. The van der Waals surface area contributed by atoms with Crippen molar-refractivity contribution in [1.29, 1.82) is 0 Å². The number of ketones is 1. The first-order chi connectivity index (χ1) is 9.70. The van der Waals surface area contributed by atoms with Crippen LogP contribution in [-0.2, 0) is 9.47 Å². The quantitative estimate of drug-likeness (QED) is 0.631. The third-order valence-corrected chi connectivity index (χ3v) is 2.80. The van der Waals surface area contributed by atoms with Crippen LogP contribution in [0.2, 0.25) is 0 Å². The second-order valence-corrected chi connectivity index (χ2v) is 4.11. The highest BCUT2D eigenvalue weighted by molar-refractivity contribution is 5.98. The van der Waals surface area contributed by atoms with Crippen molar-refractivity contribution in [2.45, 2.75) is 0 Å². The molecule has 102 valence electrons. The minimum Gasteiger partial charge on any atom is -0.438 e. The second-order valence-electron chi connectivity index (χ2n) is 4.11. The fourth-order valence-corrected chi connectivity index (χ4v) is 1.75. The van der Waals surface area contributed by atoms with E-state index < -0.39 is 6.16 Å². The first-order valence-electron chi connectivity index (χ1n) is 6.10. The molecule has 2 aromatic rings. The molecule has 0 radical (unpaired) electrons. The molecule has 0 aliphatic heterocycles. The summed E-state index contributed by atoms with van der Waals surface area (Å²) in [6.07, 6.45) is -0.862. The minimum absolute atomic E-state index is 0.269. The van der Waals surface area contributed by atoms with E-state index >= 15 is 0 Å². The predicted molar refractivity (Wildman–Crippen MR) is 74.6 cm³/mol. The van der Waals surface area contributed by atoms with Crippen LogP contribution in [0.15, 0.2) is 54.6 Å². The number of methoxy groups -OCH3 is 1. The molecule has 0 amide bonds. The van der Waals surface area contributed by atoms with Gasteiger partial charge in [0.1, 0.15) is 0 Å². The van der Waals surface area contributed by atoms with E-state index in [1.54, 1.807) is 12.1 Å². The molecule has 0 unspecified atom stereocenters. The molecule has 2 rings (SSSR count). The highest BCUT2D eigenvalue weighted by Gasteiger charge is 2.09. The summed E-state index contributed by atoms with van der Waals surface area (Å²) in [6.45, 7) is -0.322. The summed E-state index contributed by atoms with van der Waals surface area (Å²) in [7, 11) is 1.20. The maximum Gasteiger partial charge on any atom is 0.508 e. The molecule has 0 heterocycles. The van der Waals surface area contributed by atoms with Gasteiger partial charge in [0.05, 0.1) is 7.11 Å². The predicted octanol–water partition coefficient (Wildman–Crippen LogP) is 3.32. The summed E-state index contributed by atoms with van der Waals surface area (Å²) in [5, 5.41) is 0. The van der Waals surface area contributed by atoms with Gasteiger partial charge in [-0.25, -0.2) is 4.79 Å². The SMILES string of the molecule is COC(=O)OCC(=O)c1ccc(-c2ccccc2)cc1. The van der Waals surface area contributed by atoms with Crippen LogP contribution in [0.1, 0.15) is 10.4 Å². The van der Waals surface area contributed by atoms with Gasteiger partial charge in [-0.1, -0.05) is 54.6 Å². The Balaban J connectivity index is 2.05. The molecule has 4 nitrogen and oxygen atoms in total. The van der Waals surface area contributed by atoms with Crippen molar-refractivity contribution in [2.24, 2.45) is 0 Å². The van der Waals surface area contributed by atoms with Gasteiger partial charge in [-0.15, -0.1) is 0 Å². The van der Waals surface area contributed by atoms with Gasteiger partial charge in [0.2, 0.25) is 0 Å². The zero-order chi connectivity index (χ0) is 14.4. The van der Waals surface area contributed by atoms with Crippen LogP contribution in [0.4, 0.5) is 4.79 Å². The minimum atomic E-state index is -0.862. The van der Waals surface area contributed by atoms with Gasteiger partial charge in [-0.2, -0.15) is 0 Å². The Morgan fingerprint density at radius 1 is 0.900 bits per heavy atom. The molecule has 0 fully saturated rings. The van der Waals surface area contributed by atoms with Crippen LogP contribution >= 0.6 is 0 Å². The van der Waals surface area contributed by atoms with Crippen LogP contribution < -0.4 is 0 Å². The van der Waals surface area contributed by atoms with Crippen LogP contribution in [0.5, 0.6) is 0 Å². The first-order valence-corrected chi connectivity index (χ1v) is 6.10. The zero-order valence-corrected chi connectivity index (χ0v) is 11.0. The molecule has 4 heteroatoms. The fraction of sp³-hybridized carbons (Fsp3) is 0.125. The molecule has 0 spiro atoms. The highest BCUT2D eigenvalue weighted by atomic mass is 16.7. The summed E-state index contributed by atoms with van der Waals surface area (Å²) >= 11 is 0. The standard InChI is InChI=1S/C16H14O4/c1-19-16(18)20-11-15(17)14-9-7-13(8-10-14)12-5-3-2-4-6-12/h2-10H,11H2,1H3. The molecule has 0 saturated heterocycles. The smallest absolute Gasteiger partial charge is 0.438 e. The van der Waals surface area contributed by atoms with Crippen molar-refractivity contribution in [3.63, 3.8) is 0 Å². The normalized spacial score (nSPS) is 9.85. The number of hydrogen-bond donors (Lipinski definition) is 0. The summed E-state index contributed by atoms with van der Waals surface area (Å²) in [5.41, 5.74) is 2.60. The Morgan fingerprint density at radius 2 is 1.50 bits per heavy atom. The molecule has 0 aliphatic carbocycles. The van der Waals surface area contributed by atoms with Gasteiger partial charge in [-0.3, -0.25) is 4.79 Å². The van der Waals surface area contributed by atoms with Crippen molar-refractivity contribution >= 4 is 11.9 Å².